The van der Waals surface area contributed by atoms with Gasteiger partial charge < -0.3 is 14.1 Å². The molecular formula is C24H24N4O3. The van der Waals surface area contributed by atoms with E-state index in [0.29, 0.717) is 42.3 Å². The van der Waals surface area contributed by atoms with Crippen LogP contribution in [0.15, 0.2) is 53.1 Å². The molecule has 3 aromatic heterocycles. The van der Waals surface area contributed by atoms with Gasteiger partial charge in [-0.2, -0.15) is 5.10 Å². The number of anilines is 1. The first-order valence-electron chi connectivity index (χ1n) is 10.6. The predicted molar refractivity (Wildman–Crippen MR) is 119 cm³/mol. The lowest BCUT2D eigenvalue weighted by atomic mass is 10.1. The molecule has 1 saturated heterocycles. The van der Waals surface area contributed by atoms with Gasteiger partial charge in [0.05, 0.1) is 24.6 Å². The lowest BCUT2D eigenvalue weighted by molar-refractivity contribution is 0.0963. The topological polar surface area (TPSA) is 73.4 Å². The van der Waals surface area contributed by atoms with E-state index in [9.17, 15) is 4.79 Å². The second kappa shape index (κ2) is 8.00. The van der Waals surface area contributed by atoms with Crippen molar-refractivity contribution in [1.82, 2.24) is 14.8 Å². The van der Waals surface area contributed by atoms with Gasteiger partial charge in [0.15, 0.2) is 22.9 Å². The molecule has 7 nitrogen and oxygen atoms in total. The minimum absolute atomic E-state index is 0.0340. The number of ketones is 1. The average Bonchev–Trinajstić information content (AvgIpc) is 3.46. The van der Waals surface area contributed by atoms with Crippen molar-refractivity contribution in [3.05, 3.63) is 60.0 Å². The fraction of sp³-hybridized carbons (Fsp3) is 0.292. The second-order valence-electron chi connectivity index (χ2n) is 7.72. The van der Waals surface area contributed by atoms with Crippen molar-refractivity contribution in [3.63, 3.8) is 0 Å². The first-order chi connectivity index (χ1) is 15.1. The molecule has 5 rings (SSSR count). The summed E-state index contributed by atoms with van der Waals surface area (Å²) in [5.74, 6) is 0.995. The fourth-order valence-electron chi connectivity index (χ4n) is 3.87. The number of Topliss-reactive ketones (excluding diaryl/α,β-unsaturated/α-hetero) is 1. The fourth-order valence-corrected chi connectivity index (χ4v) is 3.87. The zero-order valence-corrected chi connectivity index (χ0v) is 17.7. The Hall–Kier alpha value is -3.45. The second-order valence-corrected chi connectivity index (χ2v) is 7.72. The Morgan fingerprint density at radius 3 is 2.74 bits per heavy atom. The molecular weight excluding hydrogens is 392 g/mol. The zero-order chi connectivity index (χ0) is 21.4. The molecule has 7 heteroatoms. The summed E-state index contributed by atoms with van der Waals surface area (Å²) in [5.41, 5.74) is 5.33. The van der Waals surface area contributed by atoms with Gasteiger partial charge in [-0.05, 0) is 19.1 Å². The molecule has 1 aliphatic rings. The molecule has 0 saturated carbocycles. The molecule has 158 valence electrons. The van der Waals surface area contributed by atoms with Gasteiger partial charge in [0.25, 0.3) is 0 Å². The van der Waals surface area contributed by atoms with Gasteiger partial charge >= 0.3 is 0 Å². The molecule has 1 aromatic carbocycles. The van der Waals surface area contributed by atoms with Crippen LogP contribution in [0.4, 0.5) is 5.69 Å². The van der Waals surface area contributed by atoms with E-state index in [1.54, 1.807) is 10.7 Å². The molecule has 0 N–H and O–H groups in total. The Morgan fingerprint density at radius 2 is 1.97 bits per heavy atom. The summed E-state index contributed by atoms with van der Waals surface area (Å²) in [5, 5.41) is 4.76. The Kier molecular flexibility index (Phi) is 5.03. The average molecular weight is 416 g/mol. The van der Waals surface area contributed by atoms with Gasteiger partial charge in [-0.3, -0.25) is 4.79 Å². The highest BCUT2D eigenvalue weighted by Gasteiger charge is 2.21. The highest BCUT2D eigenvalue weighted by molar-refractivity contribution is 5.99. The third-order valence-corrected chi connectivity index (χ3v) is 5.53. The van der Waals surface area contributed by atoms with Crippen LogP contribution in [0, 0.1) is 6.92 Å². The molecule has 1 fully saturated rings. The zero-order valence-electron chi connectivity index (χ0n) is 17.7. The number of furan rings is 1. The highest BCUT2D eigenvalue weighted by atomic mass is 16.5. The van der Waals surface area contributed by atoms with Crippen molar-refractivity contribution >= 4 is 22.6 Å². The molecule has 0 bridgehead atoms. The van der Waals surface area contributed by atoms with Crippen LogP contribution in [-0.4, -0.2) is 46.9 Å². The van der Waals surface area contributed by atoms with Crippen LogP contribution in [0.5, 0.6) is 0 Å². The summed E-state index contributed by atoms with van der Waals surface area (Å²) < 4.78 is 13.2. The number of hydrogen-bond acceptors (Lipinski definition) is 6. The summed E-state index contributed by atoms with van der Waals surface area (Å²) >= 11 is 0. The van der Waals surface area contributed by atoms with Crippen LogP contribution in [0.3, 0.4) is 0 Å². The van der Waals surface area contributed by atoms with Gasteiger partial charge in [0.1, 0.15) is 5.52 Å². The van der Waals surface area contributed by atoms with E-state index >= 15 is 0 Å². The summed E-state index contributed by atoms with van der Waals surface area (Å²) in [4.78, 5) is 19.2. The molecule has 0 radical (unpaired) electrons. The summed E-state index contributed by atoms with van der Waals surface area (Å²) in [6.07, 6.45) is 2.30. The van der Waals surface area contributed by atoms with Gasteiger partial charge in [0.2, 0.25) is 0 Å². The van der Waals surface area contributed by atoms with Gasteiger partial charge in [-0.1, -0.05) is 30.7 Å². The van der Waals surface area contributed by atoms with Crippen LogP contribution in [-0.2, 0) is 4.74 Å². The van der Waals surface area contributed by atoms with Gasteiger partial charge in [0, 0.05) is 43.4 Å². The van der Waals surface area contributed by atoms with Crippen LogP contribution < -0.4 is 4.90 Å². The normalized spacial score (nSPS) is 14.3. The molecule has 4 aromatic rings. The number of nitrogens with zero attached hydrogens (tertiary/aromatic N) is 4. The number of aromatic nitrogens is 3. The quantitative estimate of drug-likeness (QED) is 0.449. The van der Waals surface area contributed by atoms with Crippen LogP contribution in [0.2, 0.25) is 0 Å². The maximum atomic E-state index is 12.2. The first-order valence-corrected chi connectivity index (χ1v) is 10.6. The molecule has 0 unspecified atom stereocenters. The number of fused-ring (bicyclic) bond motifs is 1. The maximum Gasteiger partial charge on any atom is 0.197 e. The minimum atomic E-state index is -0.0340. The van der Waals surface area contributed by atoms with E-state index in [1.165, 1.54) is 5.56 Å². The monoisotopic (exact) mass is 416 g/mol. The van der Waals surface area contributed by atoms with E-state index < -0.39 is 0 Å². The van der Waals surface area contributed by atoms with E-state index in [-0.39, 0.29) is 5.78 Å². The number of hydrogen-bond donors (Lipinski definition) is 0. The lowest BCUT2D eigenvalue weighted by Crippen LogP contribution is -2.36. The first kappa shape index (κ1) is 19.5. The number of carbonyl (C=O) groups is 1. The van der Waals surface area contributed by atoms with E-state index in [2.05, 4.69) is 24.0 Å². The summed E-state index contributed by atoms with van der Waals surface area (Å²) in [6, 6.07) is 14.0. The molecule has 4 heterocycles. The van der Waals surface area contributed by atoms with Crippen molar-refractivity contribution in [2.45, 2.75) is 20.3 Å². The Balaban J connectivity index is 1.61. The SMILES string of the molecule is CCC(=O)c1cc2nc(-n3ccc(-c4cccc(C)c4)n3)cc(N3CCOCC3)c2o1. The number of aryl methyl sites for hydroxylation is 1. The third kappa shape index (κ3) is 3.72. The molecule has 31 heavy (non-hydrogen) atoms. The van der Waals surface area contributed by atoms with Crippen molar-refractivity contribution in [1.29, 1.82) is 0 Å². The van der Waals surface area contributed by atoms with Gasteiger partial charge in [-0.25, -0.2) is 9.67 Å². The Bertz CT molecular complexity index is 1250. The van der Waals surface area contributed by atoms with Crippen LogP contribution in [0.25, 0.3) is 28.2 Å². The smallest absolute Gasteiger partial charge is 0.197 e. The number of benzene rings is 1. The van der Waals surface area contributed by atoms with Crippen molar-refractivity contribution in [2.75, 3.05) is 31.2 Å². The predicted octanol–water partition coefficient (Wildman–Crippen LogP) is 4.42. The number of rotatable bonds is 5. The largest absolute Gasteiger partial charge is 0.449 e. The third-order valence-electron chi connectivity index (χ3n) is 5.53. The molecule has 0 spiro atoms. The van der Waals surface area contributed by atoms with E-state index in [4.69, 9.17) is 19.2 Å². The van der Waals surface area contributed by atoms with Crippen LogP contribution >= 0.6 is 0 Å². The summed E-state index contributed by atoms with van der Waals surface area (Å²) in [7, 11) is 0. The Morgan fingerprint density at radius 1 is 1.13 bits per heavy atom. The van der Waals surface area contributed by atoms with Crippen molar-refractivity contribution in [3.8, 4) is 17.1 Å². The van der Waals surface area contributed by atoms with E-state index in [0.717, 1.165) is 30.0 Å². The van der Waals surface area contributed by atoms with Gasteiger partial charge in [-0.15, -0.1) is 0 Å². The Labute approximate surface area is 180 Å². The number of carbonyl (C=O) groups excluding carboxylic acids is 1. The van der Waals surface area contributed by atoms with E-state index in [1.807, 2.05) is 37.4 Å². The maximum absolute atomic E-state index is 12.2. The molecule has 0 amide bonds. The molecule has 0 atom stereocenters. The molecule has 1 aliphatic heterocycles. The van der Waals surface area contributed by atoms with Crippen molar-refractivity contribution in [2.24, 2.45) is 0 Å². The van der Waals surface area contributed by atoms with Crippen molar-refractivity contribution < 1.29 is 13.9 Å². The minimum Gasteiger partial charge on any atom is -0.449 e. The number of ether oxygens (including phenoxy) is 1. The number of morpholine rings is 1. The lowest BCUT2D eigenvalue weighted by Gasteiger charge is -2.28. The van der Waals surface area contributed by atoms with Crippen LogP contribution in [0.1, 0.15) is 29.5 Å². The molecule has 0 aliphatic carbocycles. The highest BCUT2D eigenvalue weighted by Crippen LogP contribution is 2.32. The standard InChI is InChI=1S/C24H24N4O3/c1-3-21(29)22-14-19-24(31-22)20(27-9-11-30-12-10-27)15-23(25-19)28-8-7-18(26-28)17-6-4-5-16(2)13-17/h4-8,13-15H,3,9-12H2,1-2H3. The summed E-state index contributed by atoms with van der Waals surface area (Å²) in [6.45, 7) is 6.71. The number of pyridine rings is 1.